The minimum Gasteiger partial charge on any atom is -0.481 e. The maximum Gasteiger partial charge on any atom is 0.315 e. The zero-order chi connectivity index (χ0) is 11.5. The van der Waals surface area contributed by atoms with Crippen LogP contribution < -0.4 is 10.6 Å². The quantitative estimate of drug-likeness (QED) is 0.674. The molecule has 2 fully saturated rings. The van der Waals surface area contributed by atoms with Gasteiger partial charge in [-0.15, -0.1) is 0 Å². The highest BCUT2D eigenvalue weighted by atomic mass is 16.4. The Balaban J connectivity index is 1.75. The molecule has 2 saturated carbocycles. The number of carboxylic acids is 1. The molecule has 0 aromatic heterocycles. The van der Waals surface area contributed by atoms with Crippen LogP contribution in [0.2, 0.25) is 0 Å². The van der Waals surface area contributed by atoms with Crippen molar-refractivity contribution in [1.82, 2.24) is 10.6 Å². The number of hydrogen-bond acceptors (Lipinski definition) is 2. The van der Waals surface area contributed by atoms with Gasteiger partial charge in [0.15, 0.2) is 0 Å². The van der Waals surface area contributed by atoms with Crippen molar-refractivity contribution in [2.24, 2.45) is 5.92 Å². The molecular formula is C11H18N2O3. The van der Waals surface area contributed by atoms with Crippen LogP contribution in [0.1, 0.15) is 38.5 Å². The van der Waals surface area contributed by atoms with Gasteiger partial charge in [-0.25, -0.2) is 4.79 Å². The molecule has 0 radical (unpaired) electrons. The summed E-state index contributed by atoms with van der Waals surface area (Å²) in [7, 11) is 0. The Bertz CT molecular complexity index is 289. The number of carboxylic acid groups (broad SMARTS) is 1. The largest absolute Gasteiger partial charge is 0.481 e. The third-order valence-electron chi connectivity index (χ3n) is 3.27. The van der Waals surface area contributed by atoms with Crippen molar-refractivity contribution in [1.29, 1.82) is 0 Å². The van der Waals surface area contributed by atoms with Crippen molar-refractivity contribution >= 4 is 12.0 Å². The third kappa shape index (κ3) is 3.12. The Kier molecular flexibility index (Phi) is 3.31. The molecule has 90 valence electrons. The van der Waals surface area contributed by atoms with Crippen molar-refractivity contribution in [3.63, 3.8) is 0 Å². The minimum absolute atomic E-state index is 0.0219. The van der Waals surface area contributed by atoms with Crippen LogP contribution in [-0.4, -0.2) is 29.2 Å². The molecule has 0 spiro atoms. The highest BCUT2D eigenvalue weighted by molar-refractivity contribution is 5.75. The predicted octanol–water partition coefficient (Wildman–Crippen LogP) is 1.09. The zero-order valence-corrected chi connectivity index (χ0v) is 9.24. The third-order valence-corrected chi connectivity index (χ3v) is 3.27. The summed E-state index contributed by atoms with van der Waals surface area (Å²) in [6.45, 7) is 0. The molecule has 16 heavy (non-hydrogen) atoms. The van der Waals surface area contributed by atoms with E-state index in [9.17, 15) is 9.59 Å². The van der Waals surface area contributed by atoms with Gasteiger partial charge in [-0.2, -0.15) is 0 Å². The first-order valence-corrected chi connectivity index (χ1v) is 5.95. The molecule has 0 saturated heterocycles. The van der Waals surface area contributed by atoms with Gasteiger partial charge in [-0.05, 0) is 32.1 Å². The van der Waals surface area contributed by atoms with Gasteiger partial charge >= 0.3 is 12.0 Å². The second-order valence-electron chi connectivity index (χ2n) is 4.79. The number of nitrogens with one attached hydrogen (secondary N) is 2. The van der Waals surface area contributed by atoms with Crippen molar-refractivity contribution < 1.29 is 14.7 Å². The van der Waals surface area contributed by atoms with Gasteiger partial charge in [0.25, 0.3) is 0 Å². The molecule has 5 heteroatoms. The lowest BCUT2D eigenvalue weighted by Gasteiger charge is -2.27. The zero-order valence-electron chi connectivity index (χ0n) is 9.24. The average molecular weight is 226 g/mol. The van der Waals surface area contributed by atoms with Gasteiger partial charge in [-0.3, -0.25) is 4.79 Å². The number of urea groups is 1. The van der Waals surface area contributed by atoms with Crippen LogP contribution in [0.3, 0.4) is 0 Å². The fourth-order valence-corrected chi connectivity index (χ4v) is 2.19. The molecule has 0 aliphatic heterocycles. The Morgan fingerprint density at radius 3 is 2.31 bits per heavy atom. The molecule has 2 rings (SSSR count). The molecule has 0 aromatic rings. The Morgan fingerprint density at radius 1 is 1.00 bits per heavy atom. The number of carbonyl (C=O) groups is 2. The number of carbonyl (C=O) groups excluding carboxylic acids is 1. The molecular weight excluding hydrogens is 208 g/mol. The number of aliphatic carboxylic acids is 1. The summed E-state index contributed by atoms with van der Waals surface area (Å²) >= 11 is 0. The average Bonchev–Trinajstić information content (AvgIpc) is 3.01. The van der Waals surface area contributed by atoms with E-state index in [1.807, 2.05) is 0 Å². The first kappa shape index (κ1) is 11.2. The predicted molar refractivity (Wildman–Crippen MR) is 58.1 cm³/mol. The van der Waals surface area contributed by atoms with Gasteiger partial charge in [0, 0.05) is 12.1 Å². The molecule has 2 atom stereocenters. The molecule has 0 heterocycles. The van der Waals surface area contributed by atoms with Crippen LogP contribution in [-0.2, 0) is 4.79 Å². The van der Waals surface area contributed by atoms with Crippen LogP contribution in [0.25, 0.3) is 0 Å². The van der Waals surface area contributed by atoms with E-state index in [-0.39, 0.29) is 18.0 Å². The van der Waals surface area contributed by atoms with Gasteiger partial charge in [0.2, 0.25) is 0 Å². The van der Waals surface area contributed by atoms with E-state index >= 15 is 0 Å². The first-order chi connectivity index (χ1) is 7.65. The summed E-state index contributed by atoms with van der Waals surface area (Å²) in [5.41, 5.74) is 0. The second-order valence-corrected chi connectivity index (χ2v) is 4.79. The highest BCUT2D eigenvalue weighted by Crippen LogP contribution is 2.24. The van der Waals surface area contributed by atoms with E-state index in [4.69, 9.17) is 5.11 Å². The van der Waals surface area contributed by atoms with E-state index < -0.39 is 5.97 Å². The molecule has 0 bridgehead atoms. The Morgan fingerprint density at radius 2 is 1.69 bits per heavy atom. The van der Waals surface area contributed by atoms with Crippen LogP contribution in [0.15, 0.2) is 0 Å². The maximum atomic E-state index is 11.5. The maximum absolute atomic E-state index is 11.5. The number of amides is 2. The van der Waals surface area contributed by atoms with Crippen molar-refractivity contribution in [3.05, 3.63) is 0 Å². The normalized spacial score (nSPS) is 29.5. The van der Waals surface area contributed by atoms with Crippen molar-refractivity contribution in [2.45, 2.75) is 50.6 Å². The lowest BCUT2D eigenvalue weighted by molar-refractivity contribution is -0.143. The van der Waals surface area contributed by atoms with Crippen LogP contribution in [0.5, 0.6) is 0 Å². The Labute approximate surface area is 94.6 Å². The molecule has 5 nitrogen and oxygen atoms in total. The molecule has 2 unspecified atom stereocenters. The SMILES string of the molecule is O=C(NC1CC1)NC1CCCC(C(=O)O)C1. The van der Waals surface area contributed by atoms with Crippen molar-refractivity contribution in [2.75, 3.05) is 0 Å². The number of hydrogen-bond donors (Lipinski definition) is 3. The van der Waals surface area contributed by atoms with E-state index in [1.165, 1.54) is 0 Å². The van der Waals surface area contributed by atoms with Gasteiger partial charge in [0.1, 0.15) is 0 Å². The fourth-order valence-electron chi connectivity index (χ4n) is 2.19. The first-order valence-electron chi connectivity index (χ1n) is 5.95. The van der Waals surface area contributed by atoms with Gasteiger partial charge < -0.3 is 15.7 Å². The van der Waals surface area contributed by atoms with E-state index in [0.717, 1.165) is 32.1 Å². The smallest absolute Gasteiger partial charge is 0.315 e. The van der Waals surface area contributed by atoms with Gasteiger partial charge in [-0.1, -0.05) is 6.42 Å². The molecule has 3 N–H and O–H groups in total. The summed E-state index contributed by atoms with van der Waals surface area (Å²) in [4.78, 5) is 22.3. The summed E-state index contributed by atoms with van der Waals surface area (Å²) in [6.07, 6.45) is 5.20. The summed E-state index contributed by atoms with van der Waals surface area (Å²) in [6, 6.07) is 0.228. The van der Waals surface area contributed by atoms with Crippen molar-refractivity contribution in [3.8, 4) is 0 Å². The minimum atomic E-state index is -0.742. The molecule has 2 amide bonds. The number of rotatable bonds is 3. The van der Waals surface area contributed by atoms with E-state index in [0.29, 0.717) is 12.5 Å². The Hall–Kier alpha value is -1.26. The lowest BCUT2D eigenvalue weighted by atomic mass is 9.86. The molecule has 0 aromatic carbocycles. The summed E-state index contributed by atoms with van der Waals surface area (Å²) in [5, 5.41) is 14.6. The van der Waals surface area contributed by atoms with Crippen LogP contribution in [0, 0.1) is 5.92 Å². The standard InChI is InChI=1S/C11H18N2O3/c14-10(15)7-2-1-3-9(6-7)13-11(16)12-8-4-5-8/h7-9H,1-6H2,(H,14,15)(H2,12,13,16). The van der Waals surface area contributed by atoms with E-state index in [2.05, 4.69) is 10.6 Å². The second kappa shape index (κ2) is 4.72. The topological polar surface area (TPSA) is 78.4 Å². The summed E-state index contributed by atoms with van der Waals surface area (Å²) < 4.78 is 0. The lowest BCUT2D eigenvalue weighted by Crippen LogP contribution is -2.45. The van der Waals surface area contributed by atoms with E-state index in [1.54, 1.807) is 0 Å². The van der Waals surface area contributed by atoms with Crippen LogP contribution in [0.4, 0.5) is 4.79 Å². The molecule has 2 aliphatic carbocycles. The fraction of sp³-hybridized carbons (Fsp3) is 0.818. The van der Waals surface area contributed by atoms with Gasteiger partial charge in [0.05, 0.1) is 5.92 Å². The van der Waals surface area contributed by atoms with Crippen LogP contribution >= 0.6 is 0 Å². The summed E-state index contributed by atoms with van der Waals surface area (Å²) in [5.74, 6) is -1.03. The molecule has 2 aliphatic rings. The highest BCUT2D eigenvalue weighted by Gasteiger charge is 2.29. The monoisotopic (exact) mass is 226 g/mol.